The Morgan fingerprint density at radius 1 is 1.35 bits per heavy atom. The molecular weight excluding hydrogens is 276 g/mol. The Morgan fingerprint density at radius 3 is 2.70 bits per heavy atom. The number of hydrogen-bond acceptors (Lipinski definition) is 6. The van der Waals surface area contributed by atoms with Gasteiger partial charge in [0.2, 0.25) is 0 Å². The number of thiazole rings is 1. The van der Waals surface area contributed by atoms with Crippen molar-refractivity contribution in [2.45, 2.75) is 13.3 Å². The molecule has 0 fully saturated rings. The van der Waals surface area contributed by atoms with Gasteiger partial charge in [0.15, 0.2) is 0 Å². The minimum atomic E-state index is -0.393. The normalized spacial score (nSPS) is 10.3. The molecule has 0 spiro atoms. The summed E-state index contributed by atoms with van der Waals surface area (Å²) in [6.07, 6.45) is 0.794. The minimum Gasteiger partial charge on any atom is -0.388 e. The van der Waals surface area contributed by atoms with Crippen molar-refractivity contribution in [2.24, 2.45) is 0 Å². The Bertz CT molecular complexity index is 612. The first-order valence-electron chi connectivity index (χ1n) is 6.20. The third-order valence-corrected chi connectivity index (χ3v) is 3.62. The fourth-order valence-corrected chi connectivity index (χ4v) is 2.47. The molecule has 0 aliphatic carbocycles. The van der Waals surface area contributed by atoms with E-state index in [4.69, 9.17) is 0 Å². The Kier molecular flexibility index (Phi) is 4.52. The lowest BCUT2D eigenvalue weighted by molar-refractivity contribution is -0.384. The van der Waals surface area contributed by atoms with Gasteiger partial charge in [-0.1, -0.05) is 0 Å². The maximum Gasteiger partial charge on any atom is 0.273 e. The van der Waals surface area contributed by atoms with Crippen LogP contribution in [-0.4, -0.2) is 23.5 Å². The van der Waals surface area contributed by atoms with Gasteiger partial charge < -0.3 is 10.6 Å². The number of non-ortho nitro benzene ring substituents is 1. The molecule has 20 heavy (non-hydrogen) atoms. The molecule has 6 nitrogen and oxygen atoms in total. The smallest absolute Gasteiger partial charge is 0.273 e. The van der Waals surface area contributed by atoms with Crippen LogP contribution in [-0.2, 0) is 6.42 Å². The van der Waals surface area contributed by atoms with Crippen LogP contribution in [0.4, 0.5) is 17.1 Å². The van der Waals surface area contributed by atoms with Gasteiger partial charge in [-0.25, -0.2) is 4.98 Å². The number of nitrogens with zero attached hydrogens (tertiary/aromatic N) is 2. The molecule has 0 saturated heterocycles. The Labute approximate surface area is 121 Å². The molecule has 0 aliphatic heterocycles. The molecule has 0 radical (unpaired) electrons. The zero-order valence-corrected chi connectivity index (χ0v) is 12.2. The van der Waals surface area contributed by atoms with Crippen LogP contribution in [0.3, 0.4) is 0 Å². The van der Waals surface area contributed by atoms with Gasteiger partial charge in [0, 0.05) is 48.9 Å². The predicted molar refractivity (Wildman–Crippen MR) is 81.7 cm³/mol. The van der Waals surface area contributed by atoms with Crippen LogP contribution in [0.2, 0.25) is 0 Å². The van der Waals surface area contributed by atoms with Gasteiger partial charge in [0.25, 0.3) is 5.69 Å². The number of anilines is 2. The molecule has 2 aromatic rings. The molecule has 1 aromatic heterocycles. The highest BCUT2D eigenvalue weighted by molar-refractivity contribution is 7.09. The van der Waals surface area contributed by atoms with E-state index in [0.717, 1.165) is 22.8 Å². The highest BCUT2D eigenvalue weighted by Crippen LogP contribution is 2.24. The number of hydrogen-bond donors (Lipinski definition) is 2. The average Bonchev–Trinajstić information content (AvgIpc) is 2.84. The summed E-state index contributed by atoms with van der Waals surface area (Å²) in [5.74, 6) is 0. The molecule has 106 valence electrons. The second-order valence-corrected chi connectivity index (χ2v) is 5.37. The van der Waals surface area contributed by atoms with Gasteiger partial charge >= 0.3 is 0 Å². The molecule has 0 amide bonds. The van der Waals surface area contributed by atoms with E-state index in [1.54, 1.807) is 18.4 Å². The van der Waals surface area contributed by atoms with E-state index in [0.29, 0.717) is 12.2 Å². The zero-order valence-electron chi connectivity index (χ0n) is 11.3. The maximum absolute atomic E-state index is 10.9. The number of aryl methyl sites for hydroxylation is 1. The van der Waals surface area contributed by atoms with Crippen LogP contribution in [0.25, 0.3) is 0 Å². The first-order chi connectivity index (χ1) is 9.58. The fourth-order valence-electron chi connectivity index (χ4n) is 1.82. The number of nitro benzene ring substituents is 1. The summed E-state index contributed by atoms with van der Waals surface area (Å²) in [7, 11) is 1.74. The maximum atomic E-state index is 10.9. The lowest BCUT2D eigenvalue weighted by Crippen LogP contribution is -2.06. The van der Waals surface area contributed by atoms with Crippen molar-refractivity contribution in [3.8, 4) is 0 Å². The lowest BCUT2D eigenvalue weighted by atomic mass is 10.2. The van der Waals surface area contributed by atoms with Crippen molar-refractivity contribution in [3.05, 3.63) is 44.4 Å². The summed E-state index contributed by atoms with van der Waals surface area (Å²) < 4.78 is 0. The van der Waals surface area contributed by atoms with E-state index < -0.39 is 4.92 Å². The number of nitro groups is 1. The molecule has 2 rings (SSSR count). The molecule has 0 atom stereocenters. The topological polar surface area (TPSA) is 80.1 Å². The van der Waals surface area contributed by atoms with Gasteiger partial charge in [-0.2, -0.15) is 0 Å². The highest BCUT2D eigenvalue weighted by atomic mass is 32.1. The van der Waals surface area contributed by atoms with Gasteiger partial charge in [-0.3, -0.25) is 10.1 Å². The SMILES string of the molecule is CNc1cc(NCCc2csc(C)n2)cc([N+](=O)[O-])c1. The van der Waals surface area contributed by atoms with Crippen LogP contribution >= 0.6 is 11.3 Å². The Balaban J connectivity index is 2.01. The number of rotatable bonds is 6. The van der Waals surface area contributed by atoms with Crippen LogP contribution < -0.4 is 10.6 Å². The van der Waals surface area contributed by atoms with E-state index in [2.05, 4.69) is 15.6 Å². The van der Waals surface area contributed by atoms with Gasteiger partial charge in [-0.05, 0) is 13.0 Å². The van der Waals surface area contributed by atoms with Crippen molar-refractivity contribution in [2.75, 3.05) is 24.2 Å². The molecule has 7 heteroatoms. The lowest BCUT2D eigenvalue weighted by Gasteiger charge is -2.08. The molecule has 1 heterocycles. The summed E-state index contributed by atoms with van der Waals surface area (Å²) in [4.78, 5) is 14.8. The van der Waals surface area contributed by atoms with Crippen LogP contribution in [0.5, 0.6) is 0 Å². The monoisotopic (exact) mass is 292 g/mol. The van der Waals surface area contributed by atoms with E-state index in [-0.39, 0.29) is 5.69 Å². The van der Waals surface area contributed by atoms with Gasteiger partial charge in [0.1, 0.15) is 0 Å². The Morgan fingerprint density at radius 2 is 2.10 bits per heavy atom. The average molecular weight is 292 g/mol. The van der Waals surface area contributed by atoms with Crippen molar-refractivity contribution in [1.29, 1.82) is 0 Å². The third-order valence-electron chi connectivity index (χ3n) is 2.79. The molecule has 1 aromatic carbocycles. The first kappa shape index (κ1) is 14.3. The summed E-state index contributed by atoms with van der Waals surface area (Å²) >= 11 is 1.62. The second kappa shape index (κ2) is 6.33. The summed E-state index contributed by atoms with van der Waals surface area (Å²) in [6.45, 7) is 2.66. The molecule has 0 aliphatic rings. The second-order valence-electron chi connectivity index (χ2n) is 4.31. The minimum absolute atomic E-state index is 0.0730. The summed E-state index contributed by atoms with van der Waals surface area (Å²) in [5, 5.41) is 20.1. The van der Waals surface area contributed by atoms with Gasteiger partial charge in [-0.15, -0.1) is 11.3 Å². The largest absolute Gasteiger partial charge is 0.388 e. The molecule has 0 bridgehead atoms. The van der Waals surface area contributed by atoms with Crippen LogP contribution in [0, 0.1) is 17.0 Å². The predicted octanol–water partition coefficient (Wildman–Crippen LogP) is 3.06. The summed E-state index contributed by atoms with van der Waals surface area (Å²) in [6, 6.07) is 4.89. The van der Waals surface area contributed by atoms with E-state index >= 15 is 0 Å². The van der Waals surface area contributed by atoms with Crippen molar-refractivity contribution in [1.82, 2.24) is 4.98 Å². The van der Waals surface area contributed by atoms with Crippen molar-refractivity contribution >= 4 is 28.4 Å². The zero-order chi connectivity index (χ0) is 14.5. The Hall–Kier alpha value is -2.15. The third kappa shape index (κ3) is 3.67. The molecule has 2 N–H and O–H groups in total. The standard InChI is InChI=1S/C13H16N4O2S/c1-9-16-10(8-20-9)3-4-15-12-5-11(14-2)6-13(7-12)17(18)19/h5-8,14-15H,3-4H2,1-2H3. The fraction of sp³-hybridized carbons (Fsp3) is 0.308. The first-order valence-corrected chi connectivity index (χ1v) is 7.08. The number of nitrogens with one attached hydrogen (secondary N) is 2. The highest BCUT2D eigenvalue weighted by Gasteiger charge is 2.09. The number of benzene rings is 1. The molecular formula is C13H16N4O2S. The van der Waals surface area contributed by atoms with Crippen LogP contribution in [0.15, 0.2) is 23.6 Å². The molecule has 0 unspecified atom stereocenters. The van der Waals surface area contributed by atoms with Gasteiger partial charge in [0.05, 0.1) is 15.6 Å². The van der Waals surface area contributed by atoms with E-state index in [1.165, 1.54) is 12.1 Å². The van der Waals surface area contributed by atoms with E-state index in [9.17, 15) is 10.1 Å². The molecule has 0 saturated carbocycles. The van der Waals surface area contributed by atoms with Crippen molar-refractivity contribution in [3.63, 3.8) is 0 Å². The van der Waals surface area contributed by atoms with E-state index in [1.807, 2.05) is 18.4 Å². The van der Waals surface area contributed by atoms with Crippen molar-refractivity contribution < 1.29 is 4.92 Å². The quantitative estimate of drug-likeness (QED) is 0.632. The summed E-state index contributed by atoms with van der Waals surface area (Å²) in [5.41, 5.74) is 2.56. The van der Waals surface area contributed by atoms with Crippen LogP contribution in [0.1, 0.15) is 10.7 Å². The number of aromatic nitrogens is 1.